The first-order chi connectivity index (χ1) is 18.7. The second-order valence-corrected chi connectivity index (χ2v) is 15.3. The van der Waals surface area contributed by atoms with Crippen molar-refractivity contribution in [2.75, 3.05) is 0 Å². The van der Waals surface area contributed by atoms with Crippen molar-refractivity contribution in [2.45, 2.75) is 123 Å². The van der Waals surface area contributed by atoms with Gasteiger partial charge in [0.25, 0.3) is 0 Å². The Kier molecular flexibility index (Phi) is 9.58. The SMILES string of the molecule is CCCCCCCC[C@@H]1CC[C@@H]2[C@H]3CC=C4C[C@@H](OC(=O)Oc5ccc(Br)c(Br)c5)CC[C@]4(C)[C@@H]3CC[C@]12C. The van der Waals surface area contributed by atoms with Crippen LogP contribution in [0.4, 0.5) is 4.79 Å². The molecular formula is C34H48Br2O3. The van der Waals surface area contributed by atoms with Crippen LogP contribution in [0.15, 0.2) is 38.8 Å². The summed E-state index contributed by atoms with van der Waals surface area (Å²) in [5, 5.41) is 0. The first kappa shape index (κ1) is 29.7. The molecule has 0 saturated heterocycles. The zero-order valence-electron chi connectivity index (χ0n) is 24.3. The second-order valence-electron chi connectivity index (χ2n) is 13.5. The van der Waals surface area contributed by atoms with E-state index in [4.69, 9.17) is 9.47 Å². The molecule has 4 aliphatic rings. The van der Waals surface area contributed by atoms with Gasteiger partial charge in [-0.3, -0.25) is 0 Å². The average Bonchev–Trinajstić information content (AvgIpc) is 3.24. The van der Waals surface area contributed by atoms with E-state index in [1.165, 1.54) is 77.0 Å². The number of hydrogen-bond donors (Lipinski definition) is 0. The van der Waals surface area contributed by atoms with Crippen molar-refractivity contribution >= 4 is 38.0 Å². The van der Waals surface area contributed by atoms with Gasteiger partial charge in [0.1, 0.15) is 11.9 Å². The van der Waals surface area contributed by atoms with E-state index >= 15 is 0 Å². The fraction of sp³-hybridized carbons (Fsp3) is 0.735. The molecule has 216 valence electrons. The summed E-state index contributed by atoms with van der Waals surface area (Å²) >= 11 is 6.92. The van der Waals surface area contributed by atoms with Gasteiger partial charge in [-0.05, 0) is 136 Å². The van der Waals surface area contributed by atoms with Crippen LogP contribution in [0.5, 0.6) is 5.75 Å². The van der Waals surface area contributed by atoms with Crippen LogP contribution < -0.4 is 4.74 Å². The average molecular weight is 665 g/mol. The summed E-state index contributed by atoms with van der Waals surface area (Å²) in [5.74, 6) is 3.95. The molecule has 7 atom stereocenters. The van der Waals surface area contributed by atoms with E-state index in [-0.39, 0.29) is 11.5 Å². The Morgan fingerprint density at radius 2 is 1.74 bits per heavy atom. The Morgan fingerprint density at radius 1 is 0.949 bits per heavy atom. The maximum Gasteiger partial charge on any atom is 0.514 e. The van der Waals surface area contributed by atoms with Crippen molar-refractivity contribution in [3.8, 4) is 5.75 Å². The molecule has 3 saturated carbocycles. The number of rotatable bonds is 9. The van der Waals surface area contributed by atoms with Crippen molar-refractivity contribution in [1.82, 2.24) is 0 Å². The van der Waals surface area contributed by atoms with Crippen LogP contribution in [0.25, 0.3) is 0 Å². The van der Waals surface area contributed by atoms with Gasteiger partial charge in [0, 0.05) is 15.4 Å². The van der Waals surface area contributed by atoms with Gasteiger partial charge in [0.05, 0.1) is 0 Å². The summed E-state index contributed by atoms with van der Waals surface area (Å²) in [6.07, 6.45) is 21.7. The highest BCUT2D eigenvalue weighted by Gasteiger charge is 2.58. The summed E-state index contributed by atoms with van der Waals surface area (Å²) < 4.78 is 13.1. The summed E-state index contributed by atoms with van der Waals surface area (Å²) in [7, 11) is 0. The number of halogens is 2. The maximum absolute atomic E-state index is 12.6. The van der Waals surface area contributed by atoms with Crippen LogP contribution >= 0.6 is 31.9 Å². The zero-order chi connectivity index (χ0) is 27.6. The second kappa shape index (κ2) is 12.6. The van der Waals surface area contributed by atoms with Crippen LogP contribution in [-0.4, -0.2) is 12.3 Å². The van der Waals surface area contributed by atoms with Crippen molar-refractivity contribution in [3.63, 3.8) is 0 Å². The smallest absolute Gasteiger partial charge is 0.430 e. The van der Waals surface area contributed by atoms with Crippen molar-refractivity contribution < 1.29 is 14.3 Å². The molecule has 3 fully saturated rings. The van der Waals surface area contributed by atoms with E-state index in [2.05, 4.69) is 58.7 Å². The van der Waals surface area contributed by atoms with Gasteiger partial charge in [-0.15, -0.1) is 0 Å². The number of hydrogen-bond acceptors (Lipinski definition) is 3. The third-order valence-electron chi connectivity index (χ3n) is 11.5. The quantitative estimate of drug-likeness (QED) is 0.114. The molecule has 0 unspecified atom stereocenters. The lowest BCUT2D eigenvalue weighted by Crippen LogP contribution is -2.50. The molecule has 0 radical (unpaired) electrons. The van der Waals surface area contributed by atoms with Gasteiger partial charge >= 0.3 is 6.16 Å². The molecule has 1 aromatic carbocycles. The van der Waals surface area contributed by atoms with Gasteiger partial charge in [0.15, 0.2) is 0 Å². The largest absolute Gasteiger partial charge is 0.514 e. The van der Waals surface area contributed by atoms with Gasteiger partial charge < -0.3 is 9.47 Å². The molecule has 1 aromatic rings. The molecule has 0 N–H and O–H groups in total. The summed E-state index contributed by atoms with van der Waals surface area (Å²) in [6.45, 7) is 7.51. The number of carbonyl (C=O) groups excluding carboxylic acids is 1. The normalized spacial score (nSPS) is 35.4. The molecule has 0 heterocycles. The monoisotopic (exact) mass is 662 g/mol. The number of ether oxygens (including phenoxy) is 2. The predicted molar refractivity (Wildman–Crippen MR) is 166 cm³/mol. The minimum atomic E-state index is -0.595. The Hall–Kier alpha value is -0.810. The number of benzene rings is 1. The number of carbonyl (C=O) groups is 1. The highest BCUT2D eigenvalue weighted by molar-refractivity contribution is 9.13. The molecule has 4 aliphatic carbocycles. The van der Waals surface area contributed by atoms with Crippen LogP contribution in [-0.2, 0) is 4.74 Å². The first-order valence-electron chi connectivity index (χ1n) is 15.8. The first-order valence-corrected chi connectivity index (χ1v) is 17.4. The van der Waals surface area contributed by atoms with Crippen LogP contribution in [0.3, 0.4) is 0 Å². The standard InChI is InChI=1S/C34H48Br2O3/c1-4-5-6-7-8-9-10-23-12-15-28-27-14-11-24-21-26(17-19-34(24,3)29(27)18-20-33(23,28)2)39-32(37)38-25-13-16-30(35)31(36)22-25/h11,13,16,22-23,26-29H,4-10,12,14-15,17-21H2,1-3H3/t23-,26+,27-,28-,29-,33-,34+/m1/s1. The minimum Gasteiger partial charge on any atom is -0.430 e. The molecule has 0 aliphatic heterocycles. The zero-order valence-corrected chi connectivity index (χ0v) is 27.5. The molecule has 0 bridgehead atoms. The Labute approximate surface area is 253 Å². The molecule has 0 amide bonds. The highest BCUT2D eigenvalue weighted by atomic mass is 79.9. The van der Waals surface area contributed by atoms with E-state index in [9.17, 15) is 4.79 Å². The van der Waals surface area contributed by atoms with E-state index in [0.29, 0.717) is 11.2 Å². The molecule has 3 nitrogen and oxygen atoms in total. The van der Waals surface area contributed by atoms with Crippen LogP contribution in [0.2, 0.25) is 0 Å². The topological polar surface area (TPSA) is 35.5 Å². The highest BCUT2D eigenvalue weighted by Crippen LogP contribution is 2.66. The molecule has 0 spiro atoms. The molecule has 5 heteroatoms. The molecule has 5 rings (SSSR count). The van der Waals surface area contributed by atoms with Gasteiger partial charge in [-0.2, -0.15) is 0 Å². The van der Waals surface area contributed by atoms with Crippen LogP contribution in [0.1, 0.15) is 117 Å². The lowest BCUT2D eigenvalue weighted by molar-refractivity contribution is -0.0538. The Morgan fingerprint density at radius 3 is 2.54 bits per heavy atom. The summed E-state index contributed by atoms with van der Waals surface area (Å²) in [4.78, 5) is 12.6. The fourth-order valence-electron chi connectivity index (χ4n) is 9.28. The van der Waals surface area contributed by atoms with E-state index in [1.54, 1.807) is 17.7 Å². The van der Waals surface area contributed by atoms with Crippen molar-refractivity contribution in [2.24, 2.45) is 34.5 Å². The van der Waals surface area contributed by atoms with Crippen LogP contribution in [0, 0.1) is 34.5 Å². The summed E-state index contributed by atoms with van der Waals surface area (Å²) in [5.41, 5.74) is 2.37. The lowest BCUT2D eigenvalue weighted by atomic mass is 9.47. The minimum absolute atomic E-state index is 0.0886. The van der Waals surface area contributed by atoms with Gasteiger partial charge in [-0.25, -0.2) is 4.79 Å². The maximum atomic E-state index is 12.6. The molecular weight excluding hydrogens is 616 g/mol. The lowest BCUT2D eigenvalue weighted by Gasteiger charge is -2.58. The number of fused-ring (bicyclic) bond motifs is 5. The van der Waals surface area contributed by atoms with E-state index in [0.717, 1.165) is 51.9 Å². The predicted octanol–water partition coefficient (Wildman–Crippen LogP) is 11.4. The molecule has 0 aromatic heterocycles. The third-order valence-corrected chi connectivity index (χ3v) is 13.4. The number of unbranched alkanes of at least 4 members (excludes halogenated alkanes) is 5. The Bertz CT molecular complexity index is 1050. The fourth-order valence-corrected chi connectivity index (χ4v) is 9.88. The van der Waals surface area contributed by atoms with Crippen molar-refractivity contribution in [3.05, 3.63) is 38.8 Å². The number of allylic oxidation sites excluding steroid dienone is 1. The molecule has 39 heavy (non-hydrogen) atoms. The van der Waals surface area contributed by atoms with Crippen molar-refractivity contribution in [1.29, 1.82) is 0 Å². The van der Waals surface area contributed by atoms with Gasteiger partial charge in [0.2, 0.25) is 0 Å². The summed E-state index contributed by atoms with van der Waals surface area (Å²) in [6, 6.07) is 5.42. The van der Waals surface area contributed by atoms with E-state index in [1.807, 2.05) is 6.07 Å². The van der Waals surface area contributed by atoms with E-state index < -0.39 is 6.16 Å². The van der Waals surface area contributed by atoms with Gasteiger partial charge in [-0.1, -0.05) is 70.9 Å². The third kappa shape index (κ3) is 6.20. The Balaban J connectivity index is 1.17.